The number of carbonyl (C=O) groups is 1. The molecule has 0 fully saturated rings. The first-order valence-electron chi connectivity index (χ1n) is 6.20. The van der Waals surface area contributed by atoms with Gasteiger partial charge in [-0.1, -0.05) is 30.3 Å². The number of aryl methyl sites for hydroxylation is 1. The Bertz CT molecular complexity index is 343. The number of unbranched alkanes of at least 4 members (excludes halogenated alkanes) is 1. The maximum absolute atomic E-state index is 11.0. The Balaban J connectivity index is 2.01. The Morgan fingerprint density at radius 2 is 2.06 bits per heavy atom. The molecule has 1 atom stereocenters. The van der Waals surface area contributed by atoms with Crippen molar-refractivity contribution in [3.05, 3.63) is 35.9 Å². The summed E-state index contributed by atoms with van der Waals surface area (Å²) >= 11 is 5.80. The summed E-state index contributed by atoms with van der Waals surface area (Å²) in [5, 5.41) is 2.56. The van der Waals surface area contributed by atoms with E-state index in [2.05, 4.69) is 34.3 Å². The molecule has 1 unspecified atom stereocenters. The fraction of sp³-hybridized carbons (Fsp3) is 0.500. The third-order valence-corrected chi connectivity index (χ3v) is 3.02. The molecule has 0 spiro atoms. The third-order valence-electron chi connectivity index (χ3n) is 2.69. The molecule has 1 rings (SSSR count). The molecule has 0 radical (unpaired) electrons. The molecule has 0 aliphatic heterocycles. The van der Waals surface area contributed by atoms with Gasteiger partial charge in [-0.05, 0) is 31.4 Å². The number of rotatable bonds is 8. The van der Waals surface area contributed by atoms with E-state index < -0.39 is 5.38 Å². The highest BCUT2D eigenvalue weighted by Gasteiger charge is 2.14. The molecule has 1 aromatic carbocycles. The summed E-state index contributed by atoms with van der Waals surface area (Å²) < 4.78 is 4.54. The molecule has 0 aromatic heterocycles. The lowest BCUT2D eigenvalue weighted by molar-refractivity contribution is -0.140. The van der Waals surface area contributed by atoms with E-state index in [1.165, 1.54) is 12.7 Å². The molecule has 18 heavy (non-hydrogen) atoms. The molecule has 0 bridgehead atoms. The number of nitrogens with one attached hydrogen (secondary N) is 1. The van der Waals surface area contributed by atoms with Crippen molar-refractivity contribution in [2.75, 3.05) is 20.2 Å². The highest BCUT2D eigenvalue weighted by Crippen LogP contribution is 2.04. The number of hydrogen-bond donors (Lipinski definition) is 1. The zero-order chi connectivity index (χ0) is 13.2. The second kappa shape index (κ2) is 8.95. The van der Waals surface area contributed by atoms with Gasteiger partial charge in [-0.2, -0.15) is 0 Å². The van der Waals surface area contributed by atoms with Crippen molar-refractivity contribution < 1.29 is 9.53 Å². The van der Waals surface area contributed by atoms with E-state index in [4.69, 9.17) is 11.6 Å². The van der Waals surface area contributed by atoms with Gasteiger partial charge >= 0.3 is 5.97 Å². The molecule has 0 aliphatic carbocycles. The fourth-order valence-corrected chi connectivity index (χ4v) is 1.86. The van der Waals surface area contributed by atoms with E-state index in [1.807, 2.05) is 6.07 Å². The van der Waals surface area contributed by atoms with Crippen molar-refractivity contribution in [1.82, 2.24) is 5.32 Å². The van der Waals surface area contributed by atoms with Crippen molar-refractivity contribution >= 4 is 17.6 Å². The standard InChI is InChI=1S/C14H20ClNO2/c1-18-14(17)13(15)11-16-10-6-5-9-12-7-3-2-4-8-12/h2-4,7-8,13,16H,5-6,9-11H2,1H3. The van der Waals surface area contributed by atoms with Crippen molar-refractivity contribution in [3.63, 3.8) is 0 Å². The summed E-state index contributed by atoms with van der Waals surface area (Å²) in [6, 6.07) is 10.4. The number of halogens is 1. The lowest BCUT2D eigenvalue weighted by atomic mass is 10.1. The first kappa shape index (κ1) is 15.0. The van der Waals surface area contributed by atoms with Crippen LogP contribution < -0.4 is 5.32 Å². The Morgan fingerprint density at radius 1 is 1.33 bits per heavy atom. The largest absolute Gasteiger partial charge is 0.468 e. The van der Waals surface area contributed by atoms with Crippen LogP contribution in [0.5, 0.6) is 0 Å². The van der Waals surface area contributed by atoms with Crippen molar-refractivity contribution in [2.45, 2.75) is 24.6 Å². The van der Waals surface area contributed by atoms with Crippen LogP contribution in [0, 0.1) is 0 Å². The van der Waals surface area contributed by atoms with Crippen LogP contribution in [0.15, 0.2) is 30.3 Å². The molecule has 0 heterocycles. The maximum Gasteiger partial charge on any atom is 0.325 e. The monoisotopic (exact) mass is 269 g/mol. The van der Waals surface area contributed by atoms with Crippen LogP contribution in [0.25, 0.3) is 0 Å². The van der Waals surface area contributed by atoms with Crippen LogP contribution in [0.1, 0.15) is 18.4 Å². The SMILES string of the molecule is COC(=O)C(Cl)CNCCCCc1ccccc1. The van der Waals surface area contributed by atoms with Gasteiger partial charge < -0.3 is 10.1 Å². The summed E-state index contributed by atoms with van der Waals surface area (Å²) in [5.74, 6) is -0.381. The number of ether oxygens (including phenoxy) is 1. The second-order valence-corrected chi connectivity index (χ2v) is 4.66. The number of hydrogen-bond acceptors (Lipinski definition) is 3. The van der Waals surface area contributed by atoms with Gasteiger partial charge in [0.25, 0.3) is 0 Å². The summed E-state index contributed by atoms with van der Waals surface area (Å²) in [5.41, 5.74) is 1.36. The van der Waals surface area contributed by atoms with E-state index in [0.29, 0.717) is 6.54 Å². The van der Waals surface area contributed by atoms with Gasteiger partial charge in [0.15, 0.2) is 0 Å². The van der Waals surface area contributed by atoms with E-state index in [0.717, 1.165) is 25.8 Å². The molecule has 0 amide bonds. The maximum atomic E-state index is 11.0. The molecule has 100 valence electrons. The van der Waals surface area contributed by atoms with Gasteiger partial charge in [0, 0.05) is 6.54 Å². The van der Waals surface area contributed by atoms with Crippen LogP contribution in [0.2, 0.25) is 0 Å². The number of alkyl halides is 1. The Kier molecular flexibility index (Phi) is 7.46. The molecule has 4 heteroatoms. The smallest absolute Gasteiger partial charge is 0.325 e. The number of esters is 1. The van der Waals surface area contributed by atoms with E-state index in [-0.39, 0.29) is 5.97 Å². The normalized spacial score (nSPS) is 12.1. The van der Waals surface area contributed by atoms with Crippen molar-refractivity contribution in [2.24, 2.45) is 0 Å². The molecule has 1 N–H and O–H groups in total. The molecular formula is C14H20ClNO2. The molecule has 0 saturated heterocycles. The van der Waals surface area contributed by atoms with E-state index >= 15 is 0 Å². The van der Waals surface area contributed by atoms with Gasteiger partial charge in [-0.15, -0.1) is 11.6 Å². The second-order valence-electron chi connectivity index (χ2n) is 4.14. The number of carbonyl (C=O) groups excluding carboxylic acids is 1. The van der Waals surface area contributed by atoms with Crippen LogP contribution in [-0.2, 0) is 16.0 Å². The van der Waals surface area contributed by atoms with Crippen molar-refractivity contribution in [3.8, 4) is 0 Å². The lowest BCUT2D eigenvalue weighted by Crippen LogP contribution is -2.30. The topological polar surface area (TPSA) is 38.3 Å². The highest BCUT2D eigenvalue weighted by molar-refractivity contribution is 6.30. The van der Waals surface area contributed by atoms with E-state index in [9.17, 15) is 4.79 Å². The van der Waals surface area contributed by atoms with Crippen LogP contribution in [-0.4, -0.2) is 31.5 Å². The number of methoxy groups -OCH3 is 1. The first-order chi connectivity index (χ1) is 8.74. The zero-order valence-electron chi connectivity index (χ0n) is 10.7. The summed E-state index contributed by atoms with van der Waals surface area (Å²) in [6.45, 7) is 1.33. The average molecular weight is 270 g/mol. The van der Waals surface area contributed by atoms with Gasteiger partial charge in [-0.25, -0.2) is 0 Å². The van der Waals surface area contributed by atoms with E-state index in [1.54, 1.807) is 0 Å². The summed E-state index contributed by atoms with van der Waals surface area (Å²) in [6.07, 6.45) is 3.28. The zero-order valence-corrected chi connectivity index (χ0v) is 11.5. The molecule has 3 nitrogen and oxygen atoms in total. The highest BCUT2D eigenvalue weighted by atomic mass is 35.5. The minimum absolute atomic E-state index is 0.381. The first-order valence-corrected chi connectivity index (χ1v) is 6.64. The van der Waals surface area contributed by atoms with Crippen LogP contribution in [0.4, 0.5) is 0 Å². The van der Waals surface area contributed by atoms with Gasteiger partial charge in [0.1, 0.15) is 5.38 Å². The molecular weight excluding hydrogens is 250 g/mol. The van der Waals surface area contributed by atoms with Gasteiger partial charge in [0.05, 0.1) is 7.11 Å². The fourth-order valence-electron chi connectivity index (χ4n) is 1.66. The minimum Gasteiger partial charge on any atom is -0.468 e. The Labute approximate surface area is 113 Å². The van der Waals surface area contributed by atoms with Crippen LogP contribution >= 0.6 is 11.6 Å². The Hall–Kier alpha value is -1.06. The average Bonchev–Trinajstić information content (AvgIpc) is 2.42. The predicted molar refractivity (Wildman–Crippen MR) is 73.9 cm³/mol. The molecule has 0 aliphatic rings. The Morgan fingerprint density at radius 3 is 2.72 bits per heavy atom. The van der Waals surface area contributed by atoms with Gasteiger partial charge in [0.2, 0.25) is 0 Å². The van der Waals surface area contributed by atoms with Gasteiger partial charge in [-0.3, -0.25) is 4.79 Å². The van der Waals surface area contributed by atoms with Crippen LogP contribution in [0.3, 0.4) is 0 Å². The summed E-state index contributed by atoms with van der Waals surface area (Å²) in [4.78, 5) is 11.0. The quantitative estimate of drug-likeness (QED) is 0.447. The third kappa shape index (κ3) is 6.03. The molecule has 0 saturated carbocycles. The molecule has 1 aromatic rings. The predicted octanol–water partition coefficient (Wildman–Crippen LogP) is 2.38. The van der Waals surface area contributed by atoms with Crippen molar-refractivity contribution in [1.29, 1.82) is 0 Å². The lowest BCUT2D eigenvalue weighted by Gasteiger charge is -2.08. The summed E-state index contributed by atoms with van der Waals surface area (Å²) in [7, 11) is 1.34. The number of benzene rings is 1. The minimum atomic E-state index is -0.593.